The number of rotatable bonds is 4. The molecule has 22 heavy (non-hydrogen) atoms. The predicted octanol–water partition coefficient (Wildman–Crippen LogP) is 3.70. The highest BCUT2D eigenvalue weighted by Gasteiger charge is 2.09. The lowest BCUT2D eigenvalue weighted by Crippen LogP contribution is -1.93. The van der Waals surface area contributed by atoms with Crippen molar-refractivity contribution in [3.63, 3.8) is 0 Å². The molecule has 0 spiro atoms. The van der Waals surface area contributed by atoms with Crippen LogP contribution in [0.25, 0.3) is 11.4 Å². The van der Waals surface area contributed by atoms with Gasteiger partial charge in [0.15, 0.2) is 0 Å². The second-order valence-corrected chi connectivity index (χ2v) is 5.45. The summed E-state index contributed by atoms with van der Waals surface area (Å²) < 4.78 is 0. The molecular weight excluding hydrogens is 292 g/mol. The summed E-state index contributed by atoms with van der Waals surface area (Å²) in [6.45, 7) is 0. The Morgan fingerprint density at radius 3 is 2.41 bits per heavy atom. The van der Waals surface area contributed by atoms with Crippen molar-refractivity contribution in [2.24, 2.45) is 0 Å². The van der Waals surface area contributed by atoms with Crippen LogP contribution in [0.4, 0.5) is 0 Å². The molecule has 0 unspecified atom stereocenters. The number of pyridine rings is 3. The zero-order valence-corrected chi connectivity index (χ0v) is 12.5. The summed E-state index contributed by atoms with van der Waals surface area (Å²) in [6.07, 6.45) is 3.49. The predicted molar refractivity (Wildman–Crippen MR) is 86.0 cm³/mol. The molecule has 4 nitrogen and oxygen atoms in total. The van der Waals surface area contributed by atoms with Crippen LogP contribution in [0.2, 0.25) is 0 Å². The van der Waals surface area contributed by atoms with E-state index in [1.807, 2.05) is 42.5 Å². The van der Waals surface area contributed by atoms with Crippen LogP contribution in [0.5, 0.6) is 0 Å². The number of thioether (sulfide) groups is 1. The van der Waals surface area contributed by atoms with Gasteiger partial charge in [-0.25, -0.2) is 4.98 Å². The molecule has 3 aromatic rings. The fourth-order valence-electron chi connectivity index (χ4n) is 1.92. The van der Waals surface area contributed by atoms with Crippen LogP contribution in [0, 0.1) is 11.3 Å². The van der Waals surface area contributed by atoms with E-state index < -0.39 is 0 Å². The molecule has 0 saturated carbocycles. The Morgan fingerprint density at radius 1 is 0.909 bits per heavy atom. The molecule has 106 valence electrons. The van der Waals surface area contributed by atoms with Crippen molar-refractivity contribution in [3.05, 3.63) is 72.2 Å². The summed E-state index contributed by atoms with van der Waals surface area (Å²) in [5, 5.41) is 9.95. The molecule has 3 aromatic heterocycles. The van der Waals surface area contributed by atoms with Gasteiger partial charge in [-0.15, -0.1) is 0 Å². The second kappa shape index (κ2) is 6.83. The van der Waals surface area contributed by atoms with E-state index in [1.165, 1.54) is 11.8 Å². The molecule has 0 saturated heterocycles. The van der Waals surface area contributed by atoms with Gasteiger partial charge >= 0.3 is 0 Å². The maximum Gasteiger partial charge on any atom is 0.115 e. The van der Waals surface area contributed by atoms with Gasteiger partial charge in [-0.3, -0.25) is 9.97 Å². The highest BCUT2D eigenvalue weighted by atomic mass is 32.2. The van der Waals surface area contributed by atoms with Gasteiger partial charge in [0.2, 0.25) is 0 Å². The van der Waals surface area contributed by atoms with E-state index in [1.54, 1.807) is 18.5 Å². The van der Waals surface area contributed by atoms with E-state index in [9.17, 15) is 5.26 Å². The number of aromatic nitrogens is 3. The lowest BCUT2D eigenvalue weighted by Gasteiger charge is -2.06. The quantitative estimate of drug-likeness (QED) is 0.688. The van der Waals surface area contributed by atoms with Gasteiger partial charge < -0.3 is 0 Å². The highest BCUT2D eigenvalue weighted by molar-refractivity contribution is 7.98. The molecule has 3 heterocycles. The summed E-state index contributed by atoms with van der Waals surface area (Å²) in [7, 11) is 0. The Morgan fingerprint density at radius 2 is 1.73 bits per heavy atom. The van der Waals surface area contributed by atoms with Crippen LogP contribution in [0.1, 0.15) is 11.3 Å². The summed E-state index contributed by atoms with van der Waals surface area (Å²) in [4.78, 5) is 13.2. The zero-order chi connectivity index (χ0) is 15.2. The van der Waals surface area contributed by atoms with Crippen molar-refractivity contribution >= 4 is 11.8 Å². The van der Waals surface area contributed by atoms with Crippen LogP contribution >= 0.6 is 11.8 Å². The average Bonchev–Trinajstić information content (AvgIpc) is 2.61. The van der Waals surface area contributed by atoms with Crippen LogP contribution in [0.15, 0.2) is 66.0 Å². The van der Waals surface area contributed by atoms with Gasteiger partial charge in [0.05, 0.1) is 22.6 Å². The summed E-state index contributed by atoms with van der Waals surface area (Å²) in [6, 6.07) is 17.3. The van der Waals surface area contributed by atoms with Crippen LogP contribution in [-0.2, 0) is 5.75 Å². The summed E-state index contributed by atoms with van der Waals surface area (Å²) >= 11 is 1.51. The number of hydrogen-bond donors (Lipinski definition) is 0. The van der Waals surface area contributed by atoms with E-state index in [-0.39, 0.29) is 0 Å². The molecule has 0 aliphatic heterocycles. The fourth-order valence-corrected chi connectivity index (χ4v) is 2.81. The molecule has 0 radical (unpaired) electrons. The Hall–Kier alpha value is -2.71. The van der Waals surface area contributed by atoms with Gasteiger partial charge in [-0.05, 0) is 36.4 Å². The van der Waals surface area contributed by atoms with Crippen molar-refractivity contribution in [2.75, 3.05) is 0 Å². The molecule has 5 heteroatoms. The molecular formula is C17H12N4S. The van der Waals surface area contributed by atoms with Crippen LogP contribution in [-0.4, -0.2) is 15.0 Å². The Bertz CT molecular complexity index is 798. The third kappa shape index (κ3) is 3.30. The lowest BCUT2D eigenvalue weighted by atomic mass is 10.2. The molecule has 0 aliphatic carbocycles. The minimum absolute atomic E-state index is 0.570. The van der Waals surface area contributed by atoms with E-state index >= 15 is 0 Å². The van der Waals surface area contributed by atoms with Crippen molar-refractivity contribution in [3.8, 4) is 17.5 Å². The first-order valence-electron chi connectivity index (χ1n) is 6.72. The van der Waals surface area contributed by atoms with Crippen LogP contribution in [0.3, 0.4) is 0 Å². The molecule has 0 N–H and O–H groups in total. The van der Waals surface area contributed by atoms with Crippen LogP contribution < -0.4 is 0 Å². The zero-order valence-electron chi connectivity index (χ0n) is 11.7. The fraction of sp³-hybridized carbons (Fsp3) is 0.0588. The normalized spacial score (nSPS) is 10.1. The monoisotopic (exact) mass is 304 g/mol. The minimum Gasteiger partial charge on any atom is -0.260 e. The number of nitriles is 1. The molecule has 0 fully saturated rings. The molecule has 0 atom stereocenters. The Balaban J connectivity index is 1.87. The lowest BCUT2D eigenvalue weighted by molar-refractivity contribution is 1.09. The topological polar surface area (TPSA) is 62.5 Å². The van der Waals surface area contributed by atoms with E-state index in [2.05, 4.69) is 21.0 Å². The third-order valence-corrected chi connectivity index (χ3v) is 4.02. The third-order valence-electron chi connectivity index (χ3n) is 2.99. The smallest absolute Gasteiger partial charge is 0.115 e. The number of hydrogen-bond acceptors (Lipinski definition) is 5. The van der Waals surface area contributed by atoms with Crippen molar-refractivity contribution in [2.45, 2.75) is 10.8 Å². The highest BCUT2D eigenvalue weighted by Crippen LogP contribution is 2.26. The van der Waals surface area contributed by atoms with Crippen molar-refractivity contribution in [1.82, 2.24) is 15.0 Å². The molecule has 0 aliphatic rings. The Kier molecular flexibility index (Phi) is 4.42. The SMILES string of the molecule is N#Cc1ccc(-c2ccccn2)nc1SCc1ccccn1. The summed E-state index contributed by atoms with van der Waals surface area (Å²) in [5.74, 6) is 0.675. The first-order chi connectivity index (χ1) is 10.9. The van der Waals surface area contributed by atoms with Crippen molar-refractivity contribution in [1.29, 1.82) is 5.26 Å². The molecule has 0 amide bonds. The van der Waals surface area contributed by atoms with Gasteiger partial charge in [0.25, 0.3) is 0 Å². The molecule has 0 bridgehead atoms. The standard InChI is InChI=1S/C17H12N4S/c18-11-13-7-8-16(15-6-2-4-10-20-15)21-17(13)22-12-14-5-1-3-9-19-14/h1-10H,12H2. The summed E-state index contributed by atoms with van der Waals surface area (Å²) in [5.41, 5.74) is 3.09. The van der Waals surface area contributed by atoms with Gasteiger partial charge in [0, 0.05) is 18.1 Å². The maximum absolute atomic E-state index is 9.24. The van der Waals surface area contributed by atoms with E-state index in [0.717, 1.165) is 17.1 Å². The Labute approximate surface area is 132 Å². The maximum atomic E-state index is 9.24. The van der Waals surface area contributed by atoms with Gasteiger partial charge in [0.1, 0.15) is 11.1 Å². The average molecular weight is 304 g/mol. The first-order valence-corrected chi connectivity index (χ1v) is 7.70. The largest absolute Gasteiger partial charge is 0.260 e. The van der Waals surface area contributed by atoms with E-state index in [4.69, 9.17) is 0 Å². The minimum atomic E-state index is 0.570. The first kappa shape index (κ1) is 14.2. The van der Waals surface area contributed by atoms with E-state index in [0.29, 0.717) is 16.3 Å². The van der Waals surface area contributed by atoms with Gasteiger partial charge in [-0.2, -0.15) is 5.26 Å². The number of nitrogens with zero attached hydrogens (tertiary/aromatic N) is 4. The van der Waals surface area contributed by atoms with Gasteiger partial charge in [-0.1, -0.05) is 23.9 Å². The molecule has 0 aromatic carbocycles. The second-order valence-electron chi connectivity index (χ2n) is 4.49. The van der Waals surface area contributed by atoms with Crippen molar-refractivity contribution < 1.29 is 0 Å². The molecule has 3 rings (SSSR count).